The average Bonchev–Trinajstić information content (AvgIpc) is 3.26. The highest BCUT2D eigenvalue weighted by atomic mass is 32.2. The van der Waals surface area contributed by atoms with Crippen molar-refractivity contribution in [1.82, 2.24) is 9.78 Å². The van der Waals surface area contributed by atoms with Gasteiger partial charge in [0, 0.05) is 24.8 Å². The second-order valence-electron chi connectivity index (χ2n) is 9.16. The number of aliphatic carboxylic acids is 1. The molecule has 7 nitrogen and oxygen atoms in total. The molecule has 192 valence electrons. The molecule has 2 aromatic carbocycles. The summed E-state index contributed by atoms with van der Waals surface area (Å²) >= 11 is 1.67. The van der Waals surface area contributed by atoms with Crippen LogP contribution in [0, 0.1) is 11.8 Å². The van der Waals surface area contributed by atoms with Gasteiger partial charge >= 0.3 is 5.97 Å². The first-order valence-electron chi connectivity index (χ1n) is 12.3. The Hall–Kier alpha value is -2.81. The van der Waals surface area contributed by atoms with Crippen molar-refractivity contribution in [3.05, 3.63) is 54.6 Å². The minimum Gasteiger partial charge on any atom is -0.497 e. The number of aromatic nitrogens is 2. The molecular weight excluding hydrogens is 476 g/mol. The van der Waals surface area contributed by atoms with Gasteiger partial charge in [-0.1, -0.05) is 54.2 Å². The number of rotatable bonds is 12. The van der Waals surface area contributed by atoms with E-state index in [9.17, 15) is 4.79 Å². The van der Waals surface area contributed by atoms with Gasteiger partial charge in [-0.25, -0.2) is 4.79 Å². The minimum absolute atomic E-state index is 0.220. The van der Waals surface area contributed by atoms with Crippen LogP contribution in [0.4, 0.5) is 0 Å². The lowest BCUT2D eigenvalue weighted by molar-refractivity contribution is -0.142. The summed E-state index contributed by atoms with van der Waals surface area (Å²) in [5, 5.41) is 15.1. The summed E-state index contributed by atoms with van der Waals surface area (Å²) in [4.78, 5) is 10.7. The quantitative estimate of drug-likeness (QED) is 0.242. The summed E-state index contributed by atoms with van der Waals surface area (Å²) in [7, 11) is 3.39. The first kappa shape index (κ1) is 26.3. The van der Waals surface area contributed by atoms with Gasteiger partial charge in [0.15, 0.2) is 0 Å². The first-order chi connectivity index (χ1) is 17.6. The van der Waals surface area contributed by atoms with Gasteiger partial charge in [-0.05, 0) is 55.2 Å². The number of carboxylic acid groups (broad SMARTS) is 1. The standard InChI is InChI=1S/C28H34N2O5S/c1-33-19-36-28-26(22-7-4-3-5-8-22)27(23-9-6-10-24(15-23)34-2)29-30(28)16-20-11-13-21(14-12-20)17-35-18-25(31)32/h3-10,15,20-21H,11-14,16-19H2,1-2H3,(H,31,32)/t20-,21+. The highest BCUT2D eigenvalue weighted by Crippen LogP contribution is 2.41. The SMILES string of the molecule is COCSc1c(-c2ccccc2)c(-c2cccc(OC)c2)nn1C[C@H]1CC[C@@H](COCC(=O)O)CC1. The van der Waals surface area contributed by atoms with Crippen molar-refractivity contribution < 1.29 is 24.1 Å². The molecule has 36 heavy (non-hydrogen) atoms. The van der Waals surface area contributed by atoms with Crippen LogP contribution in [-0.4, -0.2) is 54.2 Å². The molecular formula is C28H34N2O5S. The van der Waals surface area contributed by atoms with Gasteiger partial charge in [-0.3, -0.25) is 4.68 Å². The Morgan fingerprint density at radius 1 is 1.03 bits per heavy atom. The zero-order valence-electron chi connectivity index (χ0n) is 20.9. The van der Waals surface area contributed by atoms with Crippen molar-refractivity contribution in [2.45, 2.75) is 37.3 Å². The molecule has 1 aliphatic carbocycles. The van der Waals surface area contributed by atoms with E-state index in [1.807, 2.05) is 24.3 Å². The van der Waals surface area contributed by atoms with Gasteiger partial charge < -0.3 is 19.3 Å². The Morgan fingerprint density at radius 2 is 1.75 bits per heavy atom. The highest BCUT2D eigenvalue weighted by molar-refractivity contribution is 7.99. The number of ether oxygens (including phenoxy) is 3. The first-order valence-corrected chi connectivity index (χ1v) is 13.3. The molecule has 0 amide bonds. The fraction of sp³-hybridized carbons (Fsp3) is 0.429. The molecule has 0 atom stereocenters. The predicted molar refractivity (Wildman–Crippen MR) is 141 cm³/mol. The van der Waals surface area contributed by atoms with E-state index in [1.165, 1.54) is 0 Å². The molecule has 0 aliphatic heterocycles. The molecule has 1 aromatic heterocycles. The van der Waals surface area contributed by atoms with Gasteiger partial charge in [0.05, 0.1) is 19.7 Å². The van der Waals surface area contributed by atoms with Crippen LogP contribution in [0.1, 0.15) is 25.7 Å². The number of benzene rings is 2. The topological polar surface area (TPSA) is 82.8 Å². The van der Waals surface area contributed by atoms with Crippen molar-refractivity contribution in [2.75, 3.05) is 33.4 Å². The number of thioether (sulfide) groups is 1. The molecule has 8 heteroatoms. The van der Waals surface area contributed by atoms with E-state index >= 15 is 0 Å². The van der Waals surface area contributed by atoms with Crippen molar-refractivity contribution in [1.29, 1.82) is 0 Å². The van der Waals surface area contributed by atoms with E-state index in [1.54, 1.807) is 26.0 Å². The van der Waals surface area contributed by atoms with E-state index in [-0.39, 0.29) is 6.61 Å². The molecule has 1 aliphatic rings. The summed E-state index contributed by atoms with van der Waals surface area (Å²) in [5.74, 6) is 1.36. The number of methoxy groups -OCH3 is 2. The molecule has 1 fully saturated rings. The van der Waals surface area contributed by atoms with E-state index in [0.29, 0.717) is 24.4 Å². The van der Waals surface area contributed by atoms with Gasteiger partial charge in [0.25, 0.3) is 0 Å². The lowest BCUT2D eigenvalue weighted by Crippen LogP contribution is -2.23. The third kappa shape index (κ3) is 6.69. The van der Waals surface area contributed by atoms with Gasteiger partial charge in [0.2, 0.25) is 0 Å². The zero-order valence-corrected chi connectivity index (χ0v) is 21.7. The Morgan fingerprint density at radius 3 is 2.44 bits per heavy atom. The molecule has 0 bridgehead atoms. The molecule has 0 radical (unpaired) electrons. The maximum absolute atomic E-state index is 10.7. The van der Waals surface area contributed by atoms with Crippen LogP contribution in [0.25, 0.3) is 22.4 Å². The van der Waals surface area contributed by atoms with E-state index in [2.05, 4.69) is 35.0 Å². The number of carboxylic acids is 1. The van der Waals surface area contributed by atoms with E-state index in [4.69, 9.17) is 24.4 Å². The smallest absolute Gasteiger partial charge is 0.329 e. The van der Waals surface area contributed by atoms with Crippen LogP contribution in [0.5, 0.6) is 5.75 Å². The zero-order chi connectivity index (χ0) is 25.3. The molecule has 1 saturated carbocycles. The van der Waals surface area contributed by atoms with Crippen molar-refractivity contribution in [3.8, 4) is 28.1 Å². The Kier molecular flexibility index (Phi) is 9.44. The summed E-state index contributed by atoms with van der Waals surface area (Å²) in [5.41, 5.74) is 4.20. The lowest BCUT2D eigenvalue weighted by Gasteiger charge is -2.28. The average molecular weight is 511 g/mol. The molecule has 1 N–H and O–H groups in total. The van der Waals surface area contributed by atoms with Crippen LogP contribution >= 0.6 is 11.8 Å². The second kappa shape index (κ2) is 12.9. The number of hydrogen-bond donors (Lipinski definition) is 1. The Bertz CT molecular complexity index is 1130. The third-order valence-corrected chi connectivity index (χ3v) is 7.64. The summed E-state index contributed by atoms with van der Waals surface area (Å²) in [6.45, 7) is 1.13. The Balaban J connectivity index is 1.61. The van der Waals surface area contributed by atoms with Crippen LogP contribution in [0.15, 0.2) is 59.6 Å². The van der Waals surface area contributed by atoms with E-state index < -0.39 is 5.97 Å². The number of carbonyl (C=O) groups is 1. The van der Waals surface area contributed by atoms with Crippen LogP contribution < -0.4 is 4.74 Å². The molecule has 3 aromatic rings. The molecule has 0 saturated heterocycles. The number of hydrogen-bond acceptors (Lipinski definition) is 6. The monoisotopic (exact) mass is 510 g/mol. The van der Waals surface area contributed by atoms with Gasteiger partial charge in [-0.2, -0.15) is 5.10 Å². The summed E-state index contributed by atoms with van der Waals surface area (Å²) in [6.07, 6.45) is 4.23. The van der Waals surface area contributed by atoms with E-state index in [0.717, 1.165) is 65.4 Å². The van der Waals surface area contributed by atoms with Crippen LogP contribution in [0.3, 0.4) is 0 Å². The largest absolute Gasteiger partial charge is 0.497 e. The fourth-order valence-corrected chi connectivity index (χ4v) is 5.66. The third-order valence-electron chi connectivity index (χ3n) is 6.60. The normalized spacial score (nSPS) is 17.7. The molecule has 0 spiro atoms. The van der Waals surface area contributed by atoms with Gasteiger partial charge in [0.1, 0.15) is 23.1 Å². The van der Waals surface area contributed by atoms with Crippen molar-refractivity contribution in [3.63, 3.8) is 0 Å². The van der Waals surface area contributed by atoms with Crippen LogP contribution in [0.2, 0.25) is 0 Å². The fourth-order valence-electron chi connectivity index (χ4n) is 4.81. The molecule has 1 heterocycles. The second-order valence-corrected chi connectivity index (χ2v) is 10.1. The predicted octanol–water partition coefficient (Wildman–Crippen LogP) is 5.83. The lowest BCUT2D eigenvalue weighted by atomic mass is 9.82. The molecule has 4 rings (SSSR count). The number of nitrogens with zero attached hydrogens (tertiary/aromatic N) is 2. The van der Waals surface area contributed by atoms with Crippen LogP contribution in [-0.2, 0) is 20.8 Å². The van der Waals surface area contributed by atoms with Crippen molar-refractivity contribution >= 4 is 17.7 Å². The van der Waals surface area contributed by atoms with Crippen molar-refractivity contribution in [2.24, 2.45) is 11.8 Å². The summed E-state index contributed by atoms with van der Waals surface area (Å²) in [6, 6.07) is 18.5. The highest BCUT2D eigenvalue weighted by Gasteiger charge is 2.26. The summed E-state index contributed by atoms with van der Waals surface area (Å²) < 4.78 is 18.4. The maximum Gasteiger partial charge on any atom is 0.329 e. The van der Waals surface area contributed by atoms with Gasteiger partial charge in [-0.15, -0.1) is 0 Å². The Labute approximate surface area is 216 Å². The minimum atomic E-state index is -0.912. The maximum atomic E-state index is 10.7. The molecule has 0 unspecified atom stereocenters.